The maximum Gasteiger partial charge on any atom is 0.250 e. The third-order valence-corrected chi connectivity index (χ3v) is 2.89. The van der Waals surface area contributed by atoms with Crippen LogP contribution < -0.4 is 0 Å². The summed E-state index contributed by atoms with van der Waals surface area (Å²) in [5, 5.41) is 0.731. The van der Waals surface area contributed by atoms with E-state index in [1.54, 1.807) is 6.20 Å². The Morgan fingerprint density at radius 1 is 1.60 bits per heavy atom. The Bertz CT molecular complexity index is 253. The highest BCUT2D eigenvalue weighted by Crippen LogP contribution is 2.21. The third kappa shape index (κ3) is 0.803. The third-order valence-electron chi connectivity index (χ3n) is 1.52. The summed E-state index contributed by atoms with van der Waals surface area (Å²) in [6.07, 6.45) is 4.05. The number of hydrogen-bond donors (Lipinski definition) is 0. The molecule has 4 heteroatoms. The van der Waals surface area contributed by atoms with Gasteiger partial charge in [-0.25, -0.2) is 4.98 Å². The molecule has 0 aliphatic carbocycles. The summed E-state index contributed by atoms with van der Waals surface area (Å²) in [5.74, 6) is 0.716. The minimum atomic E-state index is -0.849. The van der Waals surface area contributed by atoms with Crippen LogP contribution in [0.1, 0.15) is 5.56 Å². The van der Waals surface area contributed by atoms with Crippen LogP contribution in [0.25, 0.3) is 0 Å². The maximum atomic E-state index is 11.1. The van der Waals surface area contributed by atoms with Gasteiger partial charge in [0.15, 0.2) is 0 Å². The molecule has 1 aromatic rings. The molecule has 0 saturated heterocycles. The fourth-order valence-electron chi connectivity index (χ4n) is 1.02. The molecular weight excluding hydrogens is 148 g/mol. The summed E-state index contributed by atoms with van der Waals surface area (Å²) < 4.78 is 11.1. The molecule has 1 atom stereocenters. The molecule has 0 N–H and O–H groups in total. The Morgan fingerprint density at radius 2 is 2.50 bits per heavy atom. The molecule has 0 fully saturated rings. The lowest BCUT2D eigenvalue weighted by Crippen LogP contribution is -2.00. The molecule has 1 aromatic heterocycles. The quantitative estimate of drug-likeness (QED) is 0.394. The fraction of sp³-hybridized carbons (Fsp3) is 0.333. The highest BCUT2D eigenvalue weighted by molar-refractivity contribution is 7.91. The Kier molecular flexibility index (Phi) is 1.35. The summed E-state index contributed by atoms with van der Waals surface area (Å²) in [4.78, 5) is 7.77. The van der Waals surface area contributed by atoms with E-state index in [1.165, 1.54) is 6.33 Å². The van der Waals surface area contributed by atoms with E-state index in [1.807, 2.05) is 0 Å². The number of fused-ring (bicyclic) bond motifs is 1. The predicted octanol–water partition coefficient (Wildman–Crippen LogP) is 0.140. The molecule has 0 amide bonds. The number of hydrogen-bond acceptors (Lipinski definition) is 3. The second kappa shape index (κ2) is 2.21. The van der Waals surface area contributed by atoms with Crippen LogP contribution in [0.4, 0.5) is 0 Å². The van der Waals surface area contributed by atoms with Crippen LogP contribution >= 0.6 is 0 Å². The van der Waals surface area contributed by atoms with E-state index in [9.17, 15) is 4.55 Å². The second-order valence-corrected chi connectivity index (χ2v) is 3.64. The lowest BCUT2D eigenvalue weighted by molar-refractivity contribution is 0.595. The molecule has 0 aromatic carbocycles. The number of nitrogens with zero attached hydrogens (tertiary/aromatic N) is 2. The van der Waals surface area contributed by atoms with Crippen molar-refractivity contribution in [1.29, 1.82) is 0 Å². The lowest BCUT2D eigenvalue weighted by Gasteiger charge is -1.98. The Balaban J connectivity index is 2.51. The molecule has 1 aliphatic heterocycles. The average Bonchev–Trinajstić information content (AvgIpc) is 2.34. The first-order valence-corrected chi connectivity index (χ1v) is 4.37. The van der Waals surface area contributed by atoms with Gasteiger partial charge in [0.05, 0.1) is 5.56 Å². The van der Waals surface area contributed by atoms with E-state index in [2.05, 4.69) is 9.97 Å². The number of rotatable bonds is 0. The van der Waals surface area contributed by atoms with Gasteiger partial charge < -0.3 is 4.55 Å². The highest BCUT2D eigenvalue weighted by Gasteiger charge is 2.25. The van der Waals surface area contributed by atoms with E-state index in [0.717, 1.165) is 17.0 Å². The van der Waals surface area contributed by atoms with Crippen LogP contribution in [0.2, 0.25) is 0 Å². The van der Waals surface area contributed by atoms with Crippen molar-refractivity contribution in [2.75, 3.05) is 5.75 Å². The number of aryl methyl sites for hydroxylation is 1. The molecule has 0 spiro atoms. The zero-order valence-corrected chi connectivity index (χ0v) is 6.10. The van der Waals surface area contributed by atoms with E-state index < -0.39 is 11.2 Å². The predicted molar refractivity (Wildman–Crippen MR) is 37.0 cm³/mol. The van der Waals surface area contributed by atoms with Crippen molar-refractivity contribution >= 4 is 11.2 Å². The van der Waals surface area contributed by atoms with Gasteiger partial charge in [-0.15, -0.1) is 0 Å². The molecule has 0 saturated carbocycles. The van der Waals surface area contributed by atoms with Crippen LogP contribution in [0.5, 0.6) is 0 Å². The van der Waals surface area contributed by atoms with E-state index in [0.29, 0.717) is 5.75 Å². The topological polar surface area (TPSA) is 48.8 Å². The van der Waals surface area contributed by atoms with Gasteiger partial charge in [-0.2, -0.15) is 4.98 Å². The molecule has 52 valence electrons. The summed E-state index contributed by atoms with van der Waals surface area (Å²) >= 11 is -0.849. The largest absolute Gasteiger partial charge is 0.610 e. The Labute approximate surface area is 61.7 Å². The zero-order chi connectivity index (χ0) is 6.97. The van der Waals surface area contributed by atoms with Gasteiger partial charge in [-0.1, -0.05) is 0 Å². The van der Waals surface area contributed by atoms with Crippen molar-refractivity contribution in [3.63, 3.8) is 0 Å². The number of aromatic nitrogens is 2. The minimum Gasteiger partial charge on any atom is -0.610 e. The van der Waals surface area contributed by atoms with Gasteiger partial charge in [0, 0.05) is 23.8 Å². The monoisotopic (exact) mass is 154 g/mol. The molecule has 0 bridgehead atoms. The van der Waals surface area contributed by atoms with Crippen LogP contribution in [-0.4, -0.2) is 20.3 Å². The average molecular weight is 154 g/mol. The first kappa shape index (κ1) is 6.12. The molecule has 0 radical (unpaired) electrons. The zero-order valence-electron chi connectivity index (χ0n) is 5.28. The van der Waals surface area contributed by atoms with Gasteiger partial charge in [0.2, 0.25) is 0 Å². The van der Waals surface area contributed by atoms with Crippen molar-refractivity contribution in [2.45, 2.75) is 11.4 Å². The SMILES string of the molecule is [O-][S+]1CCc2cncnc21. The minimum absolute atomic E-state index is 0.716. The standard InChI is InChI=1S/C6H6N2OS/c9-10-2-1-5-3-7-4-8-6(5)10/h3-4H,1-2H2. The molecule has 1 unspecified atom stereocenters. The van der Waals surface area contributed by atoms with Gasteiger partial charge in [0.1, 0.15) is 12.1 Å². The Hall–Kier alpha value is -0.610. The summed E-state index contributed by atoms with van der Waals surface area (Å²) in [7, 11) is 0. The van der Waals surface area contributed by atoms with Gasteiger partial charge in [0.25, 0.3) is 5.03 Å². The normalized spacial score (nSPS) is 22.7. The summed E-state index contributed by atoms with van der Waals surface area (Å²) in [6.45, 7) is 0. The molecular formula is C6H6N2OS. The van der Waals surface area contributed by atoms with E-state index >= 15 is 0 Å². The molecule has 10 heavy (non-hydrogen) atoms. The van der Waals surface area contributed by atoms with Gasteiger partial charge in [-0.05, 0) is 0 Å². The van der Waals surface area contributed by atoms with Crippen LogP contribution in [0.3, 0.4) is 0 Å². The van der Waals surface area contributed by atoms with Crippen molar-refractivity contribution < 1.29 is 4.55 Å². The maximum absolute atomic E-state index is 11.1. The highest BCUT2D eigenvalue weighted by atomic mass is 32.2. The first-order valence-electron chi connectivity index (χ1n) is 3.05. The van der Waals surface area contributed by atoms with Crippen molar-refractivity contribution in [3.05, 3.63) is 18.1 Å². The summed E-state index contributed by atoms with van der Waals surface area (Å²) in [5.41, 5.74) is 1.04. The van der Waals surface area contributed by atoms with E-state index in [-0.39, 0.29) is 0 Å². The van der Waals surface area contributed by atoms with Gasteiger partial charge in [-0.3, -0.25) is 0 Å². The van der Waals surface area contributed by atoms with Crippen LogP contribution in [-0.2, 0) is 17.6 Å². The molecule has 2 heterocycles. The van der Waals surface area contributed by atoms with Gasteiger partial charge >= 0.3 is 0 Å². The molecule has 1 aliphatic rings. The Morgan fingerprint density at radius 3 is 3.30 bits per heavy atom. The smallest absolute Gasteiger partial charge is 0.250 e. The molecule has 2 rings (SSSR count). The van der Waals surface area contributed by atoms with Crippen molar-refractivity contribution in [2.24, 2.45) is 0 Å². The first-order chi connectivity index (χ1) is 4.88. The fourth-order valence-corrected chi connectivity index (χ4v) is 2.23. The van der Waals surface area contributed by atoms with E-state index in [4.69, 9.17) is 0 Å². The lowest BCUT2D eigenvalue weighted by atomic mass is 10.3. The van der Waals surface area contributed by atoms with Crippen LogP contribution in [0.15, 0.2) is 17.6 Å². The van der Waals surface area contributed by atoms with Crippen LogP contribution in [0, 0.1) is 0 Å². The van der Waals surface area contributed by atoms with Crippen molar-refractivity contribution in [1.82, 2.24) is 9.97 Å². The second-order valence-electron chi connectivity index (χ2n) is 2.15. The van der Waals surface area contributed by atoms with Crippen molar-refractivity contribution in [3.8, 4) is 0 Å². The summed E-state index contributed by atoms with van der Waals surface area (Å²) in [6, 6.07) is 0. The molecule has 3 nitrogen and oxygen atoms in total.